The normalized spacial score (nSPS) is 13.0. The van der Waals surface area contributed by atoms with Gasteiger partial charge >= 0.3 is 0 Å². The van der Waals surface area contributed by atoms with Crippen molar-refractivity contribution in [2.75, 3.05) is 31.1 Å². The number of hydrogen-bond acceptors (Lipinski definition) is 3. The molecule has 0 aliphatic carbocycles. The van der Waals surface area contributed by atoms with E-state index in [9.17, 15) is 4.79 Å². The summed E-state index contributed by atoms with van der Waals surface area (Å²) in [5.41, 5.74) is 4.59. The molecule has 1 aliphatic heterocycles. The molecule has 0 atom stereocenters. The maximum Gasteiger partial charge on any atom is 0.227 e. The van der Waals surface area contributed by atoms with Gasteiger partial charge in [-0.25, -0.2) is 0 Å². The van der Waals surface area contributed by atoms with E-state index in [1.165, 1.54) is 11.3 Å². The fourth-order valence-electron chi connectivity index (χ4n) is 3.83. The molecule has 0 radical (unpaired) electrons. The van der Waals surface area contributed by atoms with Crippen LogP contribution in [0, 0.1) is 13.8 Å². The van der Waals surface area contributed by atoms with Crippen LogP contribution in [0.15, 0.2) is 35.3 Å². The monoisotopic (exact) mass is 538 g/mol. The third-order valence-electron chi connectivity index (χ3n) is 5.29. The number of nitrogens with one attached hydrogen (secondary N) is 2. The van der Waals surface area contributed by atoms with Crippen LogP contribution in [-0.4, -0.2) is 47.8 Å². The predicted octanol–water partition coefficient (Wildman–Crippen LogP) is 3.43. The second kappa shape index (κ2) is 12.7. The van der Waals surface area contributed by atoms with Crippen LogP contribution in [0.3, 0.4) is 0 Å². The van der Waals surface area contributed by atoms with Gasteiger partial charge in [0.1, 0.15) is 0 Å². The Morgan fingerprint density at radius 2 is 2.00 bits per heavy atom. The second-order valence-corrected chi connectivity index (χ2v) is 7.72. The molecule has 8 heteroatoms. The fraction of sp³-hybridized carbons (Fsp3) is 0.522. The number of benzene rings is 1. The topological polar surface area (TPSA) is 74.5 Å². The first-order chi connectivity index (χ1) is 14.6. The van der Waals surface area contributed by atoms with Gasteiger partial charge in [-0.1, -0.05) is 18.2 Å². The van der Waals surface area contributed by atoms with Crippen LogP contribution in [-0.2, 0) is 17.8 Å². The number of hydrogen-bond donors (Lipinski definition) is 2. The standard InChI is InChI=1S/C23H34N6O.HI/c1-4-24-23(26-14-8-15-29-19(3)17-18(2)27-29)25-13-7-11-22(30)28-16-12-20-9-5-6-10-21(20)28;/h5-6,9-10,17H,4,7-8,11-16H2,1-3H3,(H2,24,25,26);1H. The van der Waals surface area contributed by atoms with Crippen LogP contribution in [0.5, 0.6) is 0 Å². The van der Waals surface area contributed by atoms with E-state index in [1.54, 1.807) is 0 Å². The van der Waals surface area contributed by atoms with Crippen LogP contribution in [0.25, 0.3) is 0 Å². The summed E-state index contributed by atoms with van der Waals surface area (Å²) in [7, 11) is 0. The zero-order valence-corrected chi connectivity index (χ0v) is 21.2. The summed E-state index contributed by atoms with van der Waals surface area (Å²) in [6.07, 6.45) is 3.22. The fourth-order valence-corrected chi connectivity index (χ4v) is 3.83. The highest BCUT2D eigenvalue weighted by Crippen LogP contribution is 2.27. The van der Waals surface area contributed by atoms with Crippen LogP contribution in [0.2, 0.25) is 0 Å². The van der Waals surface area contributed by atoms with Crippen molar-refractivity contribution >= 4 is 41.5 Å². The van der Waals surface area contributed by atoms with E-state index in [4.69, 9.17) is 0 Å². The Labute approximate surface area is 202 Å². The number of carbonyl (C=O) groups is 1. The minimum Gasteiger partial charge on any atom is -0.357 e. The number of aromatic nitrogens is 2. The van der Waals surface area contributed by atoms with Gasteiger partial charge in [-0.15, -0.1) is 24.0 Å². The number of halogens is 1. The summed E-state index contributed by atoms with van der Waals surface area (Å²) in [6.45, 7) is 10.1. The highest BCUT2D eigenvalue weighted by molar-refractivity contribution is 14.0. The van der Waals surface area contributed by atoms with Gasteiger partial charge in [0.2, 0.25) is 5.91 Å². The van der Waals surface area contributed by atoms with Crippen LogP contribution < -0.4 is 15.5 Å². The number of nitrogens with zero attached hydrogens (tertiary/aromatic N) is 4. The number of anilines is 1. The van der Waals surface area contributed by atoms with Gasteiger partial charge in [-0.3, -0.25) is 14.5 Å². The van der Waals surface area contributed by atoms with E-state index >= 15 is 0 Å². The molecule has 0 spiro atoms. The number of fused-ring (bicyclic) bond motifs is 1. The van der Waals surface area contributed by atoms with Crippen molar-refractivity contribution in [3.8, 4) is 0 Å². The summed E-state index contributed by atoms with van der Waals surface area (Å²) in [5, 5.41) is 11.1. The van der Waals surface area contributed by atoms with Gasteiger partial charge in [0.25, 0.3) is 0 Å². The van der Waals surface area contributed by atoms with Crippen LogP contribution in [0.4, 0.5) is 5.69 Å². The number of carbonyl (C=O) groups excluding carboxylic acids is 1. The van der Waals surface area contributed by atoms with Crippen LogP contribution in [0.1, 0.15) is 43.1 Å². The van der Waals surface area contributed by atoms with Gasteiger partial charge in [0.15, 0.2) is 5.96 Å². The Kier molecular flexibility index (Phi) is 10.3. The molecule has 1 aromatic heterocycles. The van der Waals surface area contributed by atoms with E-state index in [0.29, 0.717) is 6.42 Å². The van der Waals surface area contributed by atoms with Gasteiger partial charge in [0, 0.05) is 50.5 Å². The number of para-hydroxylation sites is 1. The van der Waals surface area contributed by atoms with E-state index < -0.39 is 0 Å². The van der Waals surface area contributed by atoms with Crippen molar-refractivity contribution in [3.05, 3.63) is 47.3 Å². The SMILES string of the molecule is CCNC(=NCCCn1nc(C)cc1C)NCCCC(=O)N1CCc2ccccc21.I. The van der Waals surface area contributed by atoms with Crippen molar-refractivity contribution in [1.29, 1.82) is 0 Å². The molecule has 170 valence electrons. The van der Waals surface area contributed by atoms with Crippen molar-refractivity contribution in [2.24, 2.45) is 4.99 Å². The number of aliphatic imine (C=N–C) groups is 1. The maximum absolute atomic E-state index is 12.6. The van der Waals surface area contributed by atoms with Gasteiger partial charge in [-0.2, -0.15) is 5.10 Å². The Morgan fingerprint density at radius 3 is 2.74 bits per heavy atom. The molecular weight excluding hydrogens is 503 g/mol. The molecule has 2 heterocycles. The zero-order chi connectivity index (χ0) is 21.3. The first-order valence-electron chi connectivity index (χ1n) is 11.0. The Hall–Kier alpha value is -2.10. The first kappa shape index (κ1) is 25.2. The molecule has 0 saturated heterocycles. The average Bonchev–Trinajstić information content (AvgIpc) is 3.30. The summed E-state index contributed by atoms with van der Waals surface area (Å²) >= 11 is 0. The molecule has 1 amide bonds. The molecule has 0 saturated carbocycles. The number of guanidine groups is 1. The van der Waals surface area contributed by atoms with E-state index in [-0.39, 0.29) is 29.9 Å². The molecule has 2 aromatic rings. The summed E-state index contributed by atoms with van der Waals surface area (Å²) < 4.78 is 2.04. The Bertz CT molecular complexity index is 879. The van der Waals surface area contributed by atoms with Gasteiger partial charge in [-0.05, 0) is 57.7 Å². The van der Waals surface area contributed by atoms with E-state index in [1.807, 2.05) is 34.7 Å². The molecular formula is C23H35IN6O. The predicted molar refractivity (Wildman–Crippen MR) is 137 cm³/mol. The van der Waals surface area contributed by atoms with Crippen molar-refractivity contribution in [2.45, 2.75) is 53.0 Å². The highest BCUT2D eigenvalue weighted by Gasteiger charge is 2.23. The lowest BCUT2D eigenvalue weighted by atomic mass is 10.2. The van der Waals surface area contributed by atoms with Gasteiger partial charge < -0.3 is 15.5 Å². The molecule has 3 rings (SSSR count). The number of rotatable bonds is 9. The summed E-state index contributed by atoms with van der Waals surface area (Å²) in [6, 6.07) is 10.3. The second-order valence-electron chi connectivity index (χ2n) is 7.72. The molecule has 31 heavy (non-hydrogen) atoms. The summed E-state index contributed by atoms with van der Waals surface area (Å²) in [4.78, 5) is 19.2. The van der Waals surface area contributed by atoms with E-state index in [0.717, 1.165) is 69.3 Å². The lowest BCUT2D eigenvalue weighted by Gasteiger charge is -2.17. The minimum atomic E-state index is 0. The average molecular weight is 538 g/mol. The zero-order valence-electron chi connectivity index (χ0n) is 18.9. The number of aryl methyl sites for hydroxylation is 3. The smallest absolute Gasteiger partial charge is 0.227 e. The molecule has 1 aromatic carbocycles. The molecule has 0 unspecified atom stereocenters. The number of amides is 1. The molecule has 0 bridgehead atoms. The Balaban J connectivity index is 0.00000341. The van der Waals surface area contributed by atoms with E-state index in [2.05, 4.69) is 46.7 Å². The summed E-state index contributed by atoms with van der Waals surface area (Å²) in [5.74, 6) is 1.01. The quantitative estimate of drug-likeness (QED) is 0.222. The third kappa shape index (κ3) is 7.22. The molecule has 2 N–H and O–H groups in total. The third-order valence-corrected chi connectivity index (χ3v) is 5.29. The largest absolute Gasteiger partial charge is 0.357 e. The first-order valence-corrected chi connectivity index (χ1v) is 11.0. The van der Waals surface area contributed by atoms with Crippen molar-refractivity contribution < 1.29 is 4.79 Å². The van der Waals surface area contributed by atoms with Gasteiger partial charge in [0.05, 0.1) is 5.69 Å². The maximum atomic E-state index is 12.6. The Morgan fingerprint density at radius 1 is 1.19 bits per heavy atom. The molecule has 1 aliphatic rings. The highest BCUT2D eigenvalue weighted by atomic mass is 127. The van der Waals surface area contributed by atoms with Crippen molar-refractivity contribution in [3.63, 3.8) is 0 Å². The minimum absolute atomic E-state index is 0. The molecule has 0 fully saturated rings. The molecule has 7 nitrogen and oxygen atoms in total. The lowest BCUT2D eigenvalue weighted by Crippen LogP contribution is -2.38. The van der Waals surface area contributed by atoms with Crippen molar-refractivity contribution in [1.82, 2.24) is 20.4 Å². The van der Waals surface area contributed by atoms with Crippen LogP contribution >= 0.6 is 24.0 Å². The lowest BCUT2D eigenvalue weighted by molar-refractivity contribution is -0.118.